The SMILES string of the molecule is CCS(=O)(=O)c1ccc(S(=O)(=O)NCCc2coc(-c3ccc(OC)cc3)n2)cc1. The third-order valence-electron chi connectivity index (χ3n) is 4.44. The summed E-state index contributed by atoms with van der Waals surface area (Å²) in [5.41, 5.74) is 1.39. The Morgan fingerprint density at radius 1 is 0.967 bits per heavy atom. The van der Waals surface area contributed by atoms with Crippen LogP contribution < -0.4 is 9.46 Å². The minimum absolute atomic E-state index is 0.00312. The Bertz CT molecular complexity index is 1200. The summed E-state index contributed by atoms with van der Waals surface area (Å²) < 4.78 is 61.6. The van der Waals surface area contributed by atoms with Crippen LogP contribution in [0.15, 0.2) is 69.0 Å². The number of aromatic nitrogens is 1. The van der Waals surface area contributed by atoms with E-state index in [1.54, 1.807) is 19.2 Å². The Morgan fingerprint density at radius 3 is 2.20 bits per heavy atom. The van der Waals surface area contributed by atoms with E-state index in [0.717, 1.165) is 11.3 Å². The molecule has 30 heavy (non-hydrogen) atoms. The zero-order valence-electron chi connectivity index (χ0n) is 16.5. The largest absolute Gasteiger partial charge is 0.497 e. The minimum Gasteiger partial charge on any atom is -0.497 e. The summed E-state index contributed by atoms with van der Waals surface area (Å²) in [6.45, 7) is 1.65. The van der Waals surface area contributed by atoms with E-state index in [1.165, 1.54) is 37.5 Å². The van der Waals surface area contributed by atoms with Gasteiger partial charge >= 0.3 is 0 Å². The minimum atomic E-state index is -3.77. The molecule has 0 bridgehead atoms. The van der Waals surface area contributed by atoms with Gasteiger partial charge in [-0.2, -0.15) is 0 Å². The smallest absolute Gasteiger partial charge is 0.240 e. The first-order valence-corrected chi connectivity index (χ1v) is 12.3. The van der Waals surface area contributed by atoms with E-state index in [2.05, 4.69) is 9.71 Å². The molecule has 8 nitrogen and oxygen atoms in total. The molecule has 1 aromatic heterocycles. The highest BCUT2D eigenvalue weighted by atomic mass is 32.2. The van der Waals surface area contributed by atoms with Crippen LogP contribution in [0.4, 0.5) is 0 Å². The Hall–Kier alpha value is -2.69. The van der Waals surface area contributed by atoms with Crippen molar-refractivity contribution in [1.29, 1.82) is 0 Å². The quantitative estimate of drug-likeness (QED) is 0.533. The average molecular weight is 451 g/mol. The molecular weight excluding hydrogens is 428 g/mol. The first-order chi connectivity index (χ1) is 14.2. The number of hydrogen-bond acceptors (Lipinski definition) is 7. The number of methoxy groups -OCH3 is 1. The molecular formula is C20H22N2O6S2. The normalized spacial score (nSPS) is 12.1. The molecule has 0 aliphatic rings. The van der Waals surface area contributed by atoms with Crippen molar-refractivity contribution in [3.05, 3.63) is 60.5 Å². The first kappa shape index (κ1) is 22.0. The molecule has 0 aliphatic carbocycles. The monoisotopic (exact) mass is 450 g/mol. The molecule has 10 heteroatoms. The molecule has 0 saturated heterocycles. The number of sulfone groups is 1. The summed E-state index contributed by atoms with van der Waals surface area (Å²) in [5.74, 6) is 1.11. The van der Waals surface area contributed by atoms with Gasteiger partial charge in [0.25, 0.3) is 0 Å². The van der Waals surface area contributed by atoms with Crippen molar-refractivity contribution >= 4 is 19.9 Å². The fourth-order valence-electron chi connectivity index (χ4n) is 2.68. The molecule has 2 aromatic carbocycles. The van der Waals surface area contributed by atoms with Crippen LogP contribution in [0.1, 0.15) is 12.6 Å². The summed E-state index contributed by atoms with van der Waals surface area (Å²) in [5, 5.41) is 0. The Balaban J connectivity index is 1.61. The number of nitrogens with one attached hydrogen (secondary N) is 1. The van der Waals surface area contributed by atoms with Crippen molar-refractivity contribution < 1.29 is 26.0 Å². The Morgan fingerprint density at radius 2 is 1.60 bits per heavy atom. The lowest BCUT2D eigenvalue weighted by Gasteiger charge is -2.07. The van der Waals surface area contributed by atoms with Gasteiger partial charge in [-0.05, 0) is 48.5 Å². The maximum atomic E-state index is 12.4. The summed E-state index contributed by atoms with van der Waals surface area (Å²) in [6, 6.07) is 12.4. The second kappa shape index (κ2) is 8.99. The predicted molar refractivity (Wildman–Crippen MR) is 112 cm³/mol. The van der Waals surface area contributed by atoms with Gasteiger partial charge in [0, 0.05) is 18.5 Å². The van der Waals surface area contributed by atoms with E-state index in [1.807, 2.05) is 12.1 Å². The number of ether oxygens (including phenoxy) is 1. The molecule has 1 heterocycles. The van der Waals surface area contributed by atoms with Crippen LogP contribution >= 0.6 is 0 Å². The van der Waals surface area contributed by atoms with Gasteiger partial charge < -0.3 is 9.15 Å². The van der Waals surface area contributed by atoms with Crippen LogP contribution in [-0.2, 0) is 26.3 Å². The van der Waals surface area contributed by atoms with Crippen LogP contribution in [0.3, 0.4) is 0 Å². The molecule has 0 radical (unpaired) electrons. The number of hydrogen-bond donors (Lipinski definition) is 1. The molecule has 0 fully saturated rings. The molecule has 0 unspecified atom stereocenters. The summed E-state index contributed by atoms with van der Waals surface area (Å²) in [6.07, 6.45) is 1.82. The maximum absolute atomic E-state index is 12.4. The third-order valence-corrected chi connectivity index (χ3v) is 7.66. The van der Waals surface area contributed by atoms with Crippen molar-refractivity contribution in [2.24, 2.45) is 0 Å². The zero-order chi connectivity index (χ0) is 21.8. The number of sulfonamides is 1. The second-order valence-electron chi connectivity index (χ2n) is 6.40. The number of oxazole rings is 1. The zero-order valence-corrected chi connectivity index (χ0v) is 18.2. The van der Waals surface area contributed by atoms with Crippen LogP contribution in [0, 0.1) is 0 Å². The molecule has 0 amide bonds. The van der Waals surface area contributed by atoms with Gasteiger partial charge in [-0.15, -0.1) is 0 Å². The molecule has 3 aromatic rings. The van der Waals surface area contributed by atoms with Crippen molar-refractivity contribution in [3.63, 3.8) is 0 Å². The standard InChI is InChI=1S/C20H22N2O6S2/c1-3-29(23,24)18-8-10-19(11-9-18)30(25,26)21-13-12-16-14-28-20(22-16)15-4-6-17(27-2)7-5-15/h4-11,14,21H,3,12-13H2,1-2H3. The van der Waals surface area contributed by atoms with Crippen LogP contribution in [0.2, 0.25) is 0 Å². The third kappa shape index (κ3) is 5.07. The number of rotatable bonds is 9. The lowest BCUT2D eigenvalue weighted by molar-refractivity contribution is 0.415. The molecule has 0 spiro atoms. The van der Waals surface area contributed by atoms with Gasteiger partial charge in [-0.1, -0.05) is 6.92 Å². The van der Waals surface area contributed by atoms with E-state index in [-0.39, 0.29) is 22.1 Å². The molecule has 0 atom stereocenters. The lowest BCUT2D eigenvalue weighted by Crippen LogP contribution is -2.26. The van der Waals surface area contributed by atoms with Crippen LogP contribution in [-0.4, -0.2) is 41.2 Å². The average Bonchev–Trinajstić information content (AvgIpc) is 3.22. The highest BCUT2D eigenvalue weighted by Crippen LogP contribution is 2.22. The van der Waals surface area contributed by atoms with Crippen molar-refractivity contribution in [2.45, 2.75) is 23.1 Å². The molecule has 0 aliphatic heterocycles. The fraction of sp³-hybridized carbons (Fsp3) is 0.250. The van der Waals surface area contributed by atoms with Crippen LogP contribution in [0.25, 0.3) is 11.5 Å². The topological polar surface area (TPSA) is 116 Å². The molecule has 0 saturated carbocycles. The van der Waals surface area contributed by atoms with E-state index in [0.29, 0.717) is 18.0 Å². The van der Waals surface area contributed by atoms with E-state index < -0.39 is 19.9 Å². The fourth-order valence-corrected chi connectivity index (χ4v) is 4.59. The number of nitrogens with zero attached hydrogens (tertiary/aromatic N) is 1. The van der Waals surface area contributed by atoms with Gasteiger partial charge in [-0.25, -0.2) is 26.5 Å². The van der Waals surface area contributed by atoms with Gasteiger partial charge in [0.2, 0.25) is 15.9 Å². The summed E-state index contributed by atoms with van der Waals surface area (Å²) >= 11 is 0. The van der Waals surface area contributed by atoms with Crippen molar-refractivity contribution in [3.8, 4) is 17.2 Å². The maximum Gasteiger partial charge on any atom is 0.240 e. The molecule has 3 rings (SSSR count). The summed E-state index contributed by atoms with van der Waals surface area (Å²) in [7, 11) is -5.56. The van der Waals surface area contributed by atoms with Gasteiger partial charge in [0.1, 0.15) is 12.0 Å². The number of benzene rings is 2. The first-order valence-electron chi connectivity index (χ1n) is 9.16. The lowest BCUT2D eigenvalue weighted by atomic mass is 10.2. The van der Waals surface area contributed by atoms with Gasteiger partial charge in [-0.3, -0.25) is 0 Å². The van der Waals surface area contributed by atoms with Crippen LogP contribution in [0.5, 0.6) is 5.75 Å². The van der Waals surface area contributed by atoms with E-state index >= 15 is 0 Å². The van der Waals surface area contributed by atoms with Crippen molar-refractivity contribution in [1.82, 2.24) is 9.71 Å². The predicted octanol–water partition coefficient (Wildman–Crippen LogP) is 2.66. The highest BCUT2D eigenvalue weighted by molar-refractivity contribution is 7.91. The summed E-state index contributed by atoms with van der Waals surface area (Å²) in [4.78, 5) is 4.46. The molecule has 160 valence electrons. The van der Waals surface area contributed by atoms with Gasteiger partial charge in [0.15, 0.2) is 9.84 Å². The van der Waals surface area contributed by atoms with E-state index in [9.17, 15) is 16.8 Å². The molecule has 1 N–H and O–H groups in total. The second-order valence-corrected chi connectivity index (χ2v) is 10.4. The Kier molecular flexibility index (Phi) is 6.59. The highest BCUT2D eigenvalue weighted by Gasteiger charge is 2.17. The van der Waals surface area contributed by atoms with Gasteiger partial charge in [0.05, 0.1) is 28.3 Å². The Labute approximate surface area is 175 Å². The van der Waals surface area contributed by atoms with Crippen molar-refractivity contribution in [2.75, 3.05) is 19.4 Å². The van der Waals surface area contributed by atoms with E-state index in [4.69, 9.17) is 9.15 Å².